The van der Waals surface area contributed by atoms with Crippen molar-refractivity contribution in [3.05, 3.63) is 152 Å². The van der Waals surface area contributed by atoms with Crippen LogP contribution in [-0.4, -0.2) is 23.9 Å². The van der Waals surface area contributed by atoms with Crippen LogP contribution in [0.4, 0.5) is 0 Å². The third-order valence-electron chi connectivity index (χ3n) is 8.38. The van der Waals surface area contributed by atoms with E-state index in [9.17, 15) is 0 Å². The molecule has 206 valence electrons. The summed E-state index contributed by atoms with van der Waals surface area (Å²) in [7, 11) is 0. The Morgan fingerprint density at radius 3 is 1.41 bits per heavy atom. The highest BCUT2D eigenvalue weighted by Gasteiger charge is 2.18. The lowest BCUT2D eigenvalue weighted by molar-refractivity contribution is 0.949. The maximum Gasteiger partial charge on any atom is 0.238 e. The molecule has 3 aromatic heterocycles. The highest BCUT2D eigenvalue weighted by Crippen LogP contribution is 2.37. The minimum Gasteiger partial charge on any atom is -0.307 e. The van der Waals surface area contributed by atoms with E-state index in [1.165, 1.54) is 16.3 Å². The van der Waals surface area contributed by atoms with Gasteiger partial charge in [0, 0.05) is 32.7 Å². The van der Waals surface area contributed by atoms with Crippen molar-refractivity contribution in [2.24, 2.45) is 0 Å². The lowest BCUT2D eigenvalue weighted by atomic mass is 10.1. The van der Waals surface area contributed by atoms with Crippen molar-refractivity contribution < 1.29 is 0 Å². The minimum absolute atomic E-state index is 0.560. The standard InChI is InChI=1S/C39H25N5/c1-3-14-26(15-4-1)37-40-38(27-16-5-2-6-17-27)42-39(41-37)44-33-23-10-8-19-29(33)31-21-13-20-30-28-18-7-9-22-32(28)43(36(30)31)34-24-11-12-25-35(34)44/h1-25H. The molecular weight excluding hydrogens is 538 g/mol. The van der Waals surface area contributed by atoms with Crippen LogP contribution in [-0.2, 0) is 0 Å². The van der Waals surface area contributed by atoms with Crippen molar-refractivity contribution in [3.63, 3.8) is 0 Å². The summed E-state index contributed by atoms with van der Waals surface area (Å²) in [5, 5.41) is 4.73. The van der Waals surface area contributed by atoms with Crippen LogP contribution in [0.25, 0.3) is 77.9 Å². The second-order valence-electron chi connectivity index (χ2n) is 10.9. The third-order valence-corrected chi connectivity index (χ3v) is 8.38. The van der Waals surface area contributed by atoms with Gasteiger partial charge in [-0.25, -0.2) is 4.98 Å². The van der Waals surface area contributed by atoms with E-state index in [2.05, 4.69) is 100.0 Å². The molecule has 0 spiro atoms. The molecule has 0 atom stereocenters. The number of fused-ring (bicyclic) bond motifs is 7. The maximum absolute atomic E-state index is 5.17. The first-order chi connectivity index (χ1) is 21.8. The Bertz CT molecular complexity index is 2490. The van der Waals surface area contributed by atoms with Crippen LogP contribution in [0.2, 0.25) is 0 Å². The van der Waals surface area contributed by atoms with Gasteiger partial charge in [-0.2, -0.15) is 9.97 Å². The molecular formula is C39H25N5. The zero-order chi connectivity index (χ0) is 29.0. The smallest absolute Gasteiger partial charge is 0.238 e. The average Bonchev–Trinajstić information content (AvgIpc) is 3.43. The summed E-state index contributed by atoms with van der Waals surface area (Å²) in [5.41, 5.74) is 7.28. The lowest BCUT2D eigenvalue weighted by Crippen LogP contribution is -2.09. The van der Waals surface area contributed by atoms with Gasteiger partial charge < -0.3 is 4.40 Å². The summed E-state index contributed by atoms with van der Waals surface area (Å²) in [5.74, 6) is 1.81. The molecule has 3 heterocycles. The Kier molecular flexibility index (Phi) is 5.43. The van der Waals surface area contributed by atoms with Crippen LogP contribution in [0.15, 0.2) is 152 Å². The van der Waals surface area contributed by atoms with Gasteiger partial charge in [-0.15, -0.1) is 0 Å². The Morgan fingerprint density at radius 1 is 0.341 bits per heavy atom. The number of hydrogen-bond donors (Lipinski definition) is 0. The van der Waals surface area contributed by atoms with Gasteiger partial charge in [-0.1, -0.05) is 127 Å². The van der Waals surface area contributed by atoms with Gasteiger partial charge in [0.05, 0.1) is 27.6 Å². The SMILES string of the molecule is c1ccc(-c2nc(-c3ccccc3)nc(-n3c4ccccc4c4cccc5c6ccccc6n(c6ccccc63)c45)n2)cc1. The van der Waals surface area contributed by atoms with Gasteiger partial charge in [0.2, 0.25) is 5.95 Å². The van der Waals surface area contributed by atoms with E-state index in [4.69, 9.17) is 15.0 Å². The topological polar surface area (TPSA) is 48.0 Å². The molecule has 0 bridgehead atoms. The summed E-state index contributed by atoms with van der Waals surface area (Å²) in [6.07, 6.45) is 0. The molecule has 0 unspecified atom stereocenters. The zero-order valence-corrected chi connectivity index (χ0v) is 23.7. The predicted octanol–water partition coefficient (Wildman–Crippen LogP) is 9.42. The Balaban J connectivity index is 1.53. The largest absolute Gasteiger partial charge is 0.307 e. The molecule has 0 N–H and O–H groups in total. The number of nitrogens with zero attached hydrogens (tertiary/aromatic N) is 5. The summed E-state index contributed by atoms with van der Waals surface area (Å²) in [6, 6.07) is 52.6. The maximum atomic E-state index is 5.17. The molecule has 0 aliphatic carbocycles. The van der Waals surface area contributed by atoms with Crippen LogP contribution in [0.5, 0.6) is 0 Å². The molecule has 0 saturated carbocycles. The van der Waals surface area contributed by atoms with Crippen molar-refractivity contribution in [2.75, 3.05) is 0 Å². The second-order valence-corrected chi connectivity index (χ2v) is 10.9. The first-order valence-electron chi connectivity index (χ1n) is 14.7. The van der Waals surface area contributed by atoms with Gasteiger partial charge in [0.25, 0.3) is 0 Å². The normalized spacial score (nSPS) is 11.6. The van der Waals surface area contributed by atoms with E-state index in [1.807, 2.05) is 60.7 Å². The fraction of sp³-hybridized carbons (Fsp3) is 0. The van der Waals surface area contributed by atoms with Gasteiger partial charge >= 0.3 is 0 Å². The average molecular weight is 564 g/mol. The van der Waals surface area contributed by atoms with Gasteiger partial charge in [0.15, 0.2) is 11.6 Å². The van der Waals surface area contributed by atoms with Crippen LogP contribution in [0, 0.1) is 0 Å². The molecule has 0 radical (unpaired) electrons. The summed E-state index contributed by atoms with van der Waals surface area (Å²) >= 11 is 0. The quantitative estimate of drug-likeness (QED) is 0.215. The van der Waals surface area contributed by atoms with E-state index in [0.29, 0.717) is 17.6 Å². The molecule has 0 aliphatic rings. The fourth-order valence-electron chi connectivity index (χ4n) is 6.47. The van der Waals surface area contributed by atoms with Crippen LogP contribution in [0.1, 0.15) is 0 Å². The number of hydrogen-bond acceptors (Lipinski definition) is 3. The number of benzene rings is 6. The lowest BCUT2D eigenvalue weighted by Gasteiger charge is -2.16. The van der Waals surface area contributed by atoms with E-state index in [1.54, 1.807) is 0 Å². The summed E-state index contributed by atoms with van der Waals surface area (Å²) < 4.78 is 4.59. The van der Waals surface area contributed by atoms with E-state index in [-0.39, 0.29) is 0 Å². The first-order valence-corrected chi connectivity index (χ1v) is 14.7. The molecule has 0 saturated heterocycles. The summed E-state index contributed by atoms with van der Waals surface area (Å²) in [4.78, 5) is 15.3. The van der Waals surface area contributed by atoms with Crippen molar-refractivity contribution >= 4 is 49.1 Å². The molecule has 9 aromatic rings. The molecule has 44 heavy (non-hydrogen) atoms. The Hall–Kier alpha value is -6.07. The van der Waals surface area contributed by atoms with Crippen molar-refractivity contribution in [2.45, 2.75) is 0 Å². The highest BCUT2D eigenvalue weighted by atomic mass is 15.2. The van der Waals surface area contributed by atoms with Gasteiger partial charge in [-0.3, -0.25) is 4.57 Å². The van der Waals surface area contributed by atoms with E-state index >= 15 is 0 Å². The molecule has 6 aromatic carbocycles. The first kappa shape index (κ1) is 24.5. The minimum atomic E-state index is 0.560. The van der Waals surface area contributed by atoms with Crippen LogP contribution in [0.3, 0.4) is 0 Å². The van der Waals surface area contributed by atoms with Crippen LogP contribution < -0.4 is 0 Å². The molecule has 0 fully saturated rings. The zero-order valence-electron chi connectivity index (χ0n) is 23.7. The predicted molar refractivity (Wildman–Crippen MR) is 180 cm³/mol. The van der Waals surface area contributed by atoms with Crippen molar-refractivity contribution in [3.8, 4) is 28.7 Å². The second kappa shape index (κ2) is 9.75. The molecule has 0 aliphatic heterocycles. The van der Waals surface area contributed by atoms with Gasteiger partial charge in [-0.05, 0) is 24.3 Å². The number of aromatic nitrogens is 5. The number of rotatable bonds is 3. The third kappa shape index (κ3) is 3.69. The highest BCUT2D eigenvalue weighted by molar-refractivity contribution is 6.20. The molecule has 5 heteroatoms. The summed E-state index contributed by atoms with van der Waals surface area (Å²) in [6.45, 7) is 0. The van der Waals surface area contributed by atoms with E-state index < -0.39 is 0 Å². The molecule has 5 nitrogen and oxygen atoms in total. The fourth-order valence-corrected chi connectivity index (χ4v) is 6.47. The molecule has 0 amide bonds. The van der Waals surface area contributed by atoms with Gasteiger partial charge in [0.1, 0.15) is 0 Å². The monoisotopic (exact) mass is 563 g/mol. The van der Waals surface area contributed by atoms with Crippen molar-refractivity contribution in [1.82, 2.24) is 23.9 Å². The Labute approximate surface area is 253 Å². The number of para-hydroxylation sites is 5. The van der Waals surface area contributed by atoms with Crippen LogP contribution >= 0.6 is 0 Å². The van der Waals surface area contributed by atoms with Crippen molar-refractivity contribution in [1.29, 1.82) is 0 Å². The van der Waals surface area contributed by atoms with E-state index in [0.717, 1.165) is 44.0 Å². The molecule has 9 rings (SSSR count). The Morgan fingerprint density at radius 2 is 0.795 bits per heavy atom.